The number of benzene rings is 10. The van der Waals surface area contributed by atoms with E-state index in [4.69, 9.17) is 0 Å². The fraction of sp³-hybridized carbons (Fsp3) is 0. The first kappa shape index (κ1) is 30.2. The van der Waals surface area contributed by atoms with Crippen molar-refractivity contribution in [3.8, 4) is 33.4 Å². The van der Waals surface area contributed by atoms with Crippen molar-refractivity contribution in [2.24, 2.45) is 0 Å². The fourth-order valence-corrected chi connectivity index (χ4v) is 11.7. The van der Waals surface area contributed by atoms with E-state index in [1.165, 1.54) is 117 Å². The van der Waals surface area contributed by atoms with Crippen LogP contribution in [0.3, 0.4) is 0 Å². The van der Waals surface area contributed by atoms with Gasteiger partial charge in [-0.05, 0) is 89.3 Å². The Kier molecular flexibility index (Phi) is 6.48. The van der Waals surface area contributed by atoms with Crippen molar-refractivity contribution in [1.82, 2.24) is 0 Å². The molecule has 0 amide bonds. The molecule has 250 valence electrons. The van der Waals surface area contributed by atoms with E-state index in [0.717, 1.165) is 0 Å². The van der Waals surface area contributed by atoms with Crippen LogP contribution in [-0.2, 0) is 0 Å². The highest BCUT2D eigenvalue weighted by Gasteiger charge is 2.21. The Bertz CT molecular complexity index is 3430. The van der Waals surface area contributed by atoms with Crippen molar-refractivity contribution in [3.05, 3.63) is 182 Å². The van der Waals surface area contributed by atoms with Gasteiger partial charge in [0, 0.05) is 45.7 Å². The average molecular weight is 719 g/mol. The minimum absolute atomic E-state index is 1.24. The quantitative estimate of drug-likeness (QED) is 0.160. The second-order valence-electron chi connectivity index (χ2n) is 14.3. The molecular formula is C52H30S2. The molecule has 10 aromatic carbocycles. The molecule has 0 fully saturated rings. The van der Waals surface area contributed by atoms with Crippen LogP contribution in [0.25, 0.3) is 117 Å². The molecule has 0 bridgehead atoms. The maximum atomic E-state index is 2.46. The summed E-state index contributed by atoms with van der Waals surface area (Å²) in [7, 11) is 0. The first-order valence-corrected chi connectivity index (χ1v) is 20.1. The molecule has 0 nitrogen and oxygen atoms in total. The van der Waals surface area contributed by atoms with E-state index < -0.39 is 0 Å². The van der Waals surface area contributed by atoms with Gasteiger partial charge in [-0.3, -0.25) is 0 Å². The Hall–Kier alpha value is -6.32. The molecule has 0 spiro atoms. The molecule has 54 heavy (non-hydrogen) atoms. The van der Waals surface area contributed by atoms with Crippen LogP contribution in [0.15, 0.2) is 182 Å². The molecule has 0 saturated carbocycles. The van der Waals surface area contributed by atoms with Crippen LogP contribution in [0, 0.1) is 0 Å². The lowest BCUT2D eigenvalue weighted by Gasteiger charge is -2.19. The summed E-state index contributed by atoms with van der Waals surface area (Å²) in [5, 5.41) is 15.8. The lowest BCUT2D eigenvalue weighted by atomic mass is 9.84. The van der Waals surface area contributed by atoms with Gasteiger partial charge in [0.05, 0.1) is 0 Å². The molecule has 0 radical (unpaired) electrons. The van der Waals surface area contributed by atoms with E-state index in [0.29, 0.717) is 0 Å². The molecule has 2 aromatic heterocycles. The Balaban J connectivity index is 1.13. The SMILES string of the molecule is c1ccc(-c2c3ccccc3c(-c3ccc(-c4ccc5sc6c(c5c4)c4ccccc4c4sc5ccccc5c46)c4ccccc34)c3ccccc23)cc1. The Morgan fingerprint density at radius 1 is 0.259 bits per heavy atom. The van der Waals surface area contributed by atoms with Crippen molar-refractivity contribution in [2.45, 2.75) is 0 Å². The molecule has 0 atom stereocenters. The van der Waals surface area contributed by atoms with Gasteiger partial charge in [0.15, 0.2) is 0 Å². The van der Waals surface area contributed by atoms with Crippen LogP contribution in [0.2, 0.25) is 0 Å². The molecule has 12 aromatic rings. The molecule has 2 heteroatoms. The van der Waals surface area contributed by atoms with E-state index in [1.807, 2.05) is 22.7 Å². The number of fused-ring (bicyclic) bond motifs is 13. The molecule has 0 aliphatic rings. The summed E-state index contributed by atoms with van der Waals surface area (Å²) in [5.74, 6) is 0. The smallest absolute Gasteiger partial charge is 0.0455 e. The van der Waals surface area contributed by atoms with Crippen molar-refractivity contribution in [2.75, 3.05) is 0 Å². The Morgan fingerprint density at radius 2 is 0.759 bits per heavy atom. The highest BCUT2D eigenvalue weighted by molar-refractivity contribution is 7.30. The van der Waals surface area contributed by atoms with Gasteiger partial charge in [-0.25, -0.2) is 0 Å². The number of hydrogen-bond acceptors (Lipinski definition) is 2. The van der Waals surface area contributed by atoms with Gasteiger partial charge >= 0.3 is 0 Å². The van der Waals surface area contributed by atoms with Crippen LogP contribution in [0.1, 0.15) is 0 Å². The van der Waals surface area contributed by atoms with Gasteiger partial charge in [-0.15, -0.1) is 22.7 Å². The zero-order chi connectivity index (χ0) is 35.3. The molecule has 12 rings (SSSR count). The summed E-state index contributed by atoms with van der Waals surface area (Å²) < 4.78 is 5.47. The van der Waals surface area contributed by atoms with Crippen molar-refractivity contribution in [3.63, 3.8) is 0 Å². The number of thiophene rings is 2. The molecule has 0 aliphatic heterocycles. The van der Waals surface area contributed by atoms with Crippen LogP contribution in [0.5, 0.6) is 0 Å². The minimum atomic E-state index is 1.24. The lowest BCUT2D eigenvalue weighted by Crippen LogP contribution is -1.92. The normalized spacial score (nSPS) is 12.1. The van der Waals surface area contributed by atoms with Gasteiger partial charge in [-0.1, -0.05) is 164 Å². The summed E-state index contributed by atoms with van der Waals surface area (Å²) in [6.07, 6.45) is 0. The monoisotopic (exact) mass is 718 g/mol. The van der Waals surface area contributed by atoms with Crippen LogP contribution in [0.4, 0.5) is 0 Å². The first-order valence-electron chi connectivity index (χ1n) is 18.5. The van der Waals surface area contributed by atoms with Gasteiger partial charge in [-0.2, -0.15) is 0 Å². The fourth-order valence-electron chi connectivity index (χ4n) is 9.17. The first-order chi connectivity index (χ1) is 26.8. The lowest BCUT2D eigenvalue weighted by molar-refractivity contribution is 1.66. The maximum Gasteiger partial charge on any atom is 0.0455 e. The van der Waals surface area contributed by atoms with Crippen molar-refractivity contribution < 1.29 is 0 Å². The van der Waals surface area contributed by atoms with E-state index in [1.54, 1.807) is 0 Å². The third-order valence-corrected chi connectivity index (χ3v) is 13.8. The van der Waals surface area contributed by atoms with E-state index >= 15 is 0 Å². The van der Waals surface area contributed by atoms with Crippen LogP contribution < -0.4 is 0 Å². The topological polar surface area (TPSA) is 0 Å². The third kappa shape index (κ3) is 4.24. The predicted molar refractivity (Wildman–Crippen MR) is 239 cm³/mol. The van der Waals surface area contributed by atoms with E-state index in [9.17, 15) is 0 Å². The summed E-state index contributed by atoms with van der Waals surface area (Å²) in [5.41, 5.74) is 7.61. The summed E-state index contributed by atoms with van der Waals surface area (Å²) in [6, 6.07) is 67.6. The Morgan fingerprint density at radius 3 is 1.46 bits per heavy atom. The highest BCUT2D eigenvalue weighted by atomic mass is 32.1. The second kappa shape index (κ2) is 11.6. The summed E-state index contributed by atoms with van der Waals surface area (Å²) in [6.45, 7) is 0. The van der Waals surface area contributed by atoms with E-state index in [-0.39, 0.29) is 0 Å². The largest absolute Gasteiger partial charge is 0.134 e. The Labute approximate surface area is 319 Å². The number of hydrogen-bond donors (Lipinski definition) is 0. The van der Waals surface area contributed by atoms with Crippen LogP contribution >= 0.6 is 22.7 Å². The van der Waals surface area contributed by atoms with Crippen LogP contribution in [-0.4, -0.2) is 0 Å². The summed E-state index contributed by atoms with van der Waals surface area (Å²) in [4.78, 5) is 0. The van der Waals surface area contributed by atoms with Gasteiger partial charge in [0.2, 0.25) is 0 Å². The zero-order valence-corrected chi connectivity index (χ0v) is 30.8. The van der Waals surface area contributed by atoms with Crippen molar-refractivity contribution in [1.29, 1.82) is 0 Å². The summed E-state index contributed by atoms with van der Waals surface area (Å²) >= 11 is 3.87. The average Bonchev–Trinajstić information content (AvgIpc) is 3.82. The maximum absolute atomic E-state index is 2.46. The van der Waals surface area contributed by atoms with Gasteiger partial charge < -0.3 is 0 Å². The predicted octanol–water partition coefficient (Wildman–Crippen LogP) is 16.0. The molecule has 0 unspecified atom stereocenters. The van der Waals surface area contributed by atoms with Gasteiger partial charge in [0.25, 0.3) is 0 Å². The second-order valence-corrected chi connectivity index (χ2v) is 16.4. The molecule has 0 aliphatic carbocycles. The third-order valence-electron chi connectivity index (χ3n) is 11.4. The highest BCUT2D eigenvalue weighted by Crippen LogP contribution is 2.51. The van der Waals surface area contributed by atoms with Crippen molar-refractivity contribution >= 4 is 106 Å². The molecule has 0 saturated heterocycles. The van der Waals surface area contributed by atoms with E-state index in [2.05, 4.69) is 182 Å². The molecule has 2 heterocycles. The van der Waals surface area contributed by atoms with Gasteiger partial charge in [0.1, 0.15) is 0 Å². The molecular weight excluding hydrogens is 689 g/mol. The zero-order valence-electron chi connectivity index (χ0n) is 29.1. The number of rotatable bonds is 3. The molecule has 0 N–H and O–H groups in total. The minimum Gasteiger partial charge on any atom is -0.134 e. The standard InChI is InChI=1S/C52H30S2/c1-2-14-31(15-3-1)47-36-18-6-8-20-38(36)48(39-21-9-7-19-37(39)47)41-28-27-33(34-16-4-5-17-35(34)41)32-26-29-46-44(30-32)49-40-22-10-11-23-42(40)51-50(52(49)54-46)43-24-12-13-25-45(43)53-51/h1-30H.